The fourth-order valence-corrected chi connectivity index (χ4v) is 1.17. The molecule has 0 radical (unpaired) electrons. The minimum atomic E-state index is -0.263. The van der Waals surface area contributed by atoms with Gasteiger partial charge < -0.3 is 0 Å². The molecule has 1 nitrogen and oxygen atoms in total. The molecule has 0 bridgehead atoms. The fraction of sp³-hybridized carbons (Fsp3) is 1.00. The van der Waals surface area contributed by atoms with Gasteiger partial charge in [-0.25, -0.2) is 4.39 Å². The summed E-state index contributed by atoms with van der Waals surface area (Å²) in [5.41, 5.74) is 0. The molecule has 8 heavy (non-hydrogen) atoms. The average molecular weight is 117 g/mol. The van der Waals surface area contributed by atoms with Crippen LogP contribution in [0.1, 0.15) is 19.8 Å². The predicted octanol–water partition coefficient (Wildman–Crippen LogP) is 1.40. The highest BCUT2D eigenvalue weighted by molar-refractivity contribution is 4.71. The van der Waals surface area contributed by atoms with Crippen LogP contribution in [-0.2, 0) is 0 Å². The van der Waals surface area contributed by atoms with Gasteiger partial charge in [-0.3, -0.25) is 4.90 Å². The Hall–Kier alpha value is -0.110. The minimum absolute atomic E-state index is 0.263. The van der Waals surface area contributed by atoms with Crippen molar-refractivity contribution in [1.29, 1.82) is 0 Å². The lowest BCUT2D eigenvalue weighted by Crippen LogP contribution is -2.25. The molecule has 0 spiro atoms. The van der Waals surface area contributed by atoms with Gasteiger partial charge in [0.15, 0.2) is 0 Å². The summed E-state index contributed by atoms with van der Waals surface area (Å²) in [7, 11) is 0. The molecule has 1 rings (SSSR count). The second-order valence-corrected chi connectivity index (χ2v) is 2.42. The standard InChI is InChI=1S/C6H12FN/c1-6-3-2-4-8(6)5-7/h6H,2-5H2,1H3. The summed E-state index contributed by atoms with van der Waals surface area (Å²) in [5.74, 6) is 0. The highest BCUT2D eigenvalue weighted by Gasteiger charge is 2.18. The van der Waals surface area contributed by atoms with E-state index in [2.05, 4.69) is 6.92 Å². The van der Waals surface area contributed by atoms with Crippen LogP contribution in [0.15, 0.2) is 0 Å². The molecule has 1 aliphatic heterocycles. The summed E-state index contributed by atoms with van der Waals surface area (Å²) < 4.78 is 11.9. The van der Waals surface area contributed by atoms with E-state index < -0.39 is 0 Å². The van der Waals surface area contributed by atoms with Gasteiger partial charge in [0, 0.05) is 12.6 Å². The Morgan fingerprint density at radius 3 is 2.75 bits per heavy atom. The largest absolute Gasteiger partial charge is 0.274 e. The quantitative estimate of drug-likeness (QED) is 0.469. The fourth-order valence-electron chi connectivity index (χ4n) is 1.17. The smallest absolute Gasteiger partial charge is 0.143 e. The number of hydrogen-bond acceptors (Lipinski definition) is 1. The molecule has 1 aliphatic rings. The normalized spacial score (nSPS) is 31.5. The van der Waals surface area contributed by atoms with Gasteiger partial charge >= 0.3 is 0 Å². The number of nitrogens with zero attached hydrogens (tertiary/aromatic N) is 1. The first-order valence-electron chi connectivity index (χ1n) is 3.14. The molecule has 0 amide bonds. The predicted molar refractivity (Wildman–Crippen MR) is 31.4 cm³/mol. The van der Waals surface area contributed by atoms with Gasteiger partial charge in [0.2, 0.25) is 0 Å². The number of halogens is 1. The van der Waals surface area contributed by atoms with E-state index >= 15 is 0 Å². The van der Waals surface area contributed by atoms with Crippen LogP contribution in [0.4, 0.5) is 4.39 Å². The average Bonchev–Trinajstić information content (AvgIpc) is 2.14. The van der Waals surface area contributed by atoms with Crippen LogP contribution in [0.25, 0.3) is 0 Å². The Balaban J connectivity index is 2.30. The van der Waals surface area contributed by atoms with E-state index in [4.69, 9.17) is 0 Å². The molecule has 0 N–H and O–H groups in total. The molecule has 0 saturated carbocycles. The van der Waals surface area contributed by atoms with E-state index in [1.807, 2.05) is 4.90 Å². The zero-order chi connectivity index (χ0) is 5.98. The van der Waals surface area contributed by atoms with E-state index in [1.165, 1.54) is 12.8 Å². The van der Waals surface area contributed by atoms with Crippen molar-refractivity contribution in [2.24, 2.45) is 0 Å². The Morgan fingerprint density at radius 1 is 1.75 bits per heavy atom. The summed E-state index contributed by atoms with van der Waals surface area (Å²) in [5, 5.41) is 0. The summed E-state index contributed by atoms with van der Waals surface area (Å²) in [4.78, 5) is 1.86. The van der Waals surface area contributed by atoms with Gasteiger partial charge in [-0.2, -0.15) is 0 Å². The first-order valence-corrected chi connectivity index (χ1v) is 3.14. The molecule has 2 heteroatoms. The first-order chi connectivity index (χ1) is 3.84. The van der Waals surface area contributed by atoms with Gasteiger partial charge in [0.1, 0.15) is 6.80 Å². The maximum absolute atomic E-state index is 11.9. The highest BCUT2D eigenvalue weighted by Crippen LogP contribution is 2.15. The zero-order valence-corrected chi connectivity index (χ0v) is 5.23. The van der Waals surface area contributed by atoms with Crippen molar-refractivity contribution in [2.45, 2.75) is 25.8 Å². The van der Waals surface area contributed by atoms with Gasteiger partial charge in [-0.15, -0.1) is 0 Å². The van der Waals surface area contributed by atoms with Crippen LogP contribution < -0.4 is 0 Å². The third kappa shape index (κ3) is 0.996. The van der Waals surface area contributed by atoms with E-state index in [-0.39, 0.29) is 6.80 Å². The van der Waals surface area contributed by atoms with Gasteiger partial charge in [-0.1, -0.05) is 0 Å². The van der Waals surface area contributed by atoms with E-state index in [0.717, 1.165) is 6.54 Å². The van der Waals surface area contributed by atoms with Gasteiger partial charge in [0.05, 0.1) is 0 Å². The summed E-state index contributed by atoms with van der Waals surface area (Å²) in [6, 6.07) is 0.486. The molecular weight excluding hydrogens is 105 g/mol. The molecule has 1 heterocycles. The number of likely N-dealkylation sites (tertiary alicyclic amines) is 1. The highest BCUT2D eigenvalue weighted by atomic mass is 19.1. The van der Waals surface area contributed by atoms with E-state index in [0.29, 0.717) is 6.04 Å². The second-order valence-electron chi connectivity index (χ2n) is 2.42. The molecule has 0 aromatic heterocycles. The van der Waals surface area contributed by atoms with E-state index in [9.17, 15) is 4.39 Å². The number of rotatable bonds is 1. The first kappa shape index (κ1) is 6.02. The Bertz CT molecular complexity index is 74.9. The Labute approximate surface area is 49.5 Å². The maximum Gasteiger partial charge on any atom is 0.143 e. The van der Waals surface area contributed by atoms with Gasteiger partial charge in [0.25, 0.3) is 0 Å². The van der Waals surface area contributed by atoms with E-state index in [1.54, 1.807) is 0 Å². The molecular formula is C6H12FN. The van der Waals surface area contributed by atoms with Crippen molar-refractivity contribution in [3.05, 3.63) is 0 Å². The zero-order valence-electron chi connectivity index (χ0n) is 5.23. The summed E-state index contributed by atoms with van der Waals surface area (Å²) in [6.45, 7) is 2.77. The lowest BCUT2D eigenvalue weighted by atomic mass is 10.2. The van der Waals surface area contributed by atoms with Crippen LogP contribution in [0, 0.1) is 0 Å². The molecule has 0 aromatic rings. The van der Waals surface area contributed by atoms with Crippen molar-refractivity contribution >= 4 is 0 Å². The molecule has 1 unspecified atom stereocenters. The molecule has 0 aromatic carbocycles. The molecule has 0 aliphatic carbocycles. The van der Waals surface area contributed by atoms with Crippen molar-refractivity contribution in [3.8, 4) is 0 Å². The topological polar surface area (TPSA) is 3.24 Å². The second kappa shape index (κ2) is 2.44. The number of alkyl halides is 1. The molecule has 48 valence electrons. The van der Waals surface area contributed by atoms with Crippen molar-refractivity contribution in [2.75, 3.05) is 13.3 Å². The monoisotopic (exact) mass is 117 g/mol. The summed E-state index contributed by atoms with van der Waals surface area (Å²) >= 11 is 0. The van der Waals surface area contributed by atoms with Crippen molar-refractivity contribution in [1.82, 2.24) is 4.90 Å². The minimum Gasteiger partial charge on any atom is -0.274 e. The molecule has 1 atom stereocenters. The third-order valence-electron chi connectivity index (χ3n) is 1.84. The van der Waals surface area contributed by atoms with Crippen LogP contribution >= 0.6 is 0 Å². The molecule has 1 fully saturated rings. The Morgan fingerprint density at radius 2 is 2.50 bits per heavy atom. The lowest BCUT2D eigenvalue weighted by Gasteiger charge is -2.14. The lowest BCUT2D eigenvalue weighted by molar-refractivity contribution is 0.180. The van der Waals surface area contributed by atoms with Gasteiger partial charge in [-0.05, 0) is 19.8 Å². The van der Waals surface area contributed by atoms with Crippen molar-refractivity contribution in [3.63, 3.8) is 0 Å². The van der Waals surface area contributed by atoms with Crippen molar-refractivity contribution < 1.29 is 4.39 Å². The van der Waals surface area contributed by atoms with Crippen LogP contribution in [0.3, 0.4) is 0 Å². The summed E-state index contributed by atoms with van der Waals surface area (Å²) in [6.07, 6.45) is 2.34. The SMILES string of the molecule is CC1CCCN1CF. The maximum atomic E-state index is 11.9. The number of hydrogen-bond donors (Lipinski definition) is 0. The van der Waals surface area contributed by atoms with Crippen LogP contribution in [-0.4, -0.2) is 24.3 Å². The third-order valence-corrected chi connectivity index (χ3v) is 1.84. The van der Waals surface area contributed by atoms with Crippen LogP contribution in [0.2, 0.25) is 0 Å². The van der Waals surface area contributed by atoms with Crippen LogP contribution in [0.5, 0.6) is 0 Å². The Kier molecular flexibility index (Phi) is 1.84. The molecule has 1 saturated heterocycles.